The average molecular weight is 390 g/mol. The number of hydrogen-bond donors (Lipinski definition) is 2. The molecule has 0 fully saturated rings. The third-order valence-corrected chi connectivity index (χ3v) is 4.53. The molecule has 0 spiro atoms. The molecule has 0 saturated carbocycles. The Morgan fingerprint density at radius 1 is 0.897 bits per heavy atom. The Labute approximate surface area is 168 Å². The molecule has 0 saturated heterocycles. The highest BCUT2D eigenvalue weighted by molar-refractivity contribution is 5.90. The molecule has 0 radical (unpaired) electrons. The van der Waals surface area contributed by atoms with E-state index < -0.39 is 24.0 Å². The van der Waals surface area contributed by atoms with Gasteiger partial charge in [-0.05, 0) is 29.7 Å². The van der Waals surface area contributed by atoms with Gasteiger partial charge < -0.3 is 15.0 Å². The van der Waals surface area contributed by atoms with Gasteiger partial charge in [0.2, 0.25) is 0 Å². The number of benzene rings is 2. The summed E-state index contributed by atoms with van der Waals surface area (Å²) in [5, 5.41) is 2.77. The summed E-state index contributed by atoms with van der Waals surface area (Å²) in [7, 11) is 0. The van der Waals surface area contributed by atoms with Crippen LogP contribution in [0.5, 0.6) is 0 Å². The van der Waals surface area contributed by atoms with Gasteiger partial charge in [0.05, 0.1) is 0 Å². The summed E-state index contributed by atoms with van der Waals surface area (Å²) in [6.45, 7) is -0.00866. The molecule has 2 N–H and O–H groups in total. The first-order valence-electron chi connectivity index (χ1n) is 9.36. The van der Waals surface area contributed by atoms with E-state index in [0.717, 1.165) is 0 Å². The summed E-state index contributed by atoms with van der Waals surface area (Å²) in [4.78, 5) is 37.9. The molecule has 0 bridgehead atoms. The number of rotatable bonds is 8. The molecule has 0 unspecified atom stereocenters. The monoisotopic (exact) mass is 390 g/mol. The first-order chi connectivity index (χ1) is 14.1. The largest absolute Gasteiger partial charge is 0.452 e. The summed E-state index contributed by atoms with van der Waals surface area (Å²) < 4.78 is 4.93. The lowest BCUT2D eigenvalue weighted by Crippen LogP contribution is -2.31. The summed E-state index contributed by atoms with van der Waals surface area (Å²) in [5.41, 5.74) is 1.66. The van der Waals surface area contributed by atoms with Crippen LogP contribution in [0.4, 0.5) is 0 Å². The third-order valence-electron chi connectivity index (χ3n) is 4.53. The molecule has 1 aromatic heterocycles. The molecule has 6 nitrogen and oxygen atoms in total. The smallest absolute Gasteiger partial charge is 0.344 e. The number of nitrogens with one attached hydrogen (secondary N) is 2. The molecule has 3 rings (SSSR count). The van der Waals surface area contributed by atoms with Crippen molar-refractivity contribution in [1.82, 2.24) is 10.3 Å². The predicted molar refractivity (Wildman–Crippen MR) is 110 cm³/mol. The van der Waals surface area contributed by atoms with Gasteiger partial charge in [-0.2, -0.15) is 0 Å². The van der Waals surface area contributed by atoms with Crippen molar-refractivity contribution in [2.45, 2.75) is 12.3 Å². The minimum atomic E-state index is -0.826. The van der Waals surface area contributed by atoms with E-state index in [-0.39, 0.29) is 11.5 Å². The van der Waals surface area contributed by atoms with Gasteiger partial charge in [-0.1, -0.05) is 60.7 Å². The van der Waals surface area contributed by atoms with E-state index in [9.17, 15) is 14.4 Å². The molecule has 6 heteroatoms. The van der Waals surface area contributed by atoms with Crippen LogP contribution < -0.4 is 10.9 Å². The summed E-state index contributed by atoms with van der Waals surface area (Å²) >= 11 is 0. The fourth-order valence-electron chi connectivity index (χ4n) is 3.09. The number of carbonyl (C=O) groups is 2. The molecular weight excluding hydrogens is 368 g/mol. The molecule has 1 heterocycles. The quantitative estimate of drug-likeness (QED) is 0.579. The molecule has 0 aliphatic rings. The van der Waals surface area contributed by atoms with Crippen LogP contribution in [-0.4, -0.2) is 30.0 Å². The van der Waals surface area contributed by atoms with Crippen LogP contribution in [0.2, 0.25) is 0 Å². The number of aromatic nitrogens is 1. The lowest BCUT2D eigenvalue weighted by Gasteiger charge is -2.18. The highest BCUT2D eigenvalue weighted by Crippen LogP contribution is 2.27. The second-order valence-electron chi connectivity index (χ2n) is 6.50. The number of hydrogen-bond acceptors (Lipinski definition) is 4. The highest BCUT2D eigenvalue weighted by atomic mass is 16.5. The Hall–Kier alpha value is -3.67. The number of H-pyrrole nitrogens is 1. The van der Waals surface area contributed by atoms with Gasteiger partial charge in [0.25, 0.3) is 11.5 Å². The minimum Gasteiger partial charge on any atom is -0.452 e. The van der Waals surface area contributed by atoms with Crippen molar-refractivity contribution in [3.8, 4) is 0 Å². The lowest BCUT2D eigenvalue weighted by molar-refractivity contribution is -0.124. The lowest BCUT2D eigenvalue weighted by atomic mass is 9.88. The Bertz CT molecular complexity index is 960. The maximum absolute atomic E-state index is 12.0. The molecule has 0 atom stereocenters. The minimum absolute atomic E-state index is 0.131. The maximum Gasteiger partial charge on any atom is 0.344 e. The van der Waals surface area contributed by atoms with Crippen LogP contribution in [0.3, 0.4) is 0 Å². The Morgan fingerprint density at radius 2 is 1.52 bits per heavy atom. The Balaban J connectivity index is 1.53. The number of esters is 1. The van der Waals surface area contributed by atoms with Gasteiger partial charge in [0.15, 0.2) is 6.61 Å². The van der Waals surface area contributed by atoms with Crippen LogP contribution in [0.25, 0.3) is 0 Å². The molecule has 0 aliphatic heterocycles. The molecule has 148 valence electrons. The van der Waals surface area contributed by atoms with Gasteiger partial charge in [0.1, 0.15) is 5.56 Å². The first-order valence-corrected chi connectivity index (χ1v) is 9.36. The summed E-state index contributed by atoms with van der Waals surface area (Å²) in [6, 6.07) is 23.1. The van der Waals surface area contributed by atoms with Gasteiger partial charge >= 0.3 is 5.97 Å². The van der Waals surface area contributed by atoms with Crippen molar-refractivity contribution in [3.63, 3.8) is 0 Å². The second kappa shape index (κ2) is 10.0. The normalized spacial score (nSPS) is 10.5. The van der Waals surface area contributed by atoms with Crippen LogP contribution in [0.15, 0.2) is 83.8 Å². The van der Waals surface area contributed by atoms with E-state index in [1.807, 2.05) is 36.4 Å². The molecule has 29 heavy (non-hydrogen) atoms. The first kappa shape index (κ1) is 20.1. The van der Waals surface area contributed by atoms with E-state index >= 15 is 0 Å². The Kier molecular flexibility index (Phi) is 6.95. The summed E-state index contributed by atoms with van der Waals surface area (Å²) in [6.07, 6.45) is 2.12. The molecule has 1 amide bonds. The predicted octanol–water partition coefficient (Wildman–Crippen LogP) is 2.87. The topological polar surface area (TPSA) is 88.3 Å². The van der Waals surface area contributed by atoms with Crippen molar-refractivity contribution in [3.05, 3.63) is 106 Å². The number of aromatic amines is 1. The maximum atomic E-state index is 12.0. The highest BCUT2D eigenvalue weighted by Gasteiger charge is 2.16. The molecule has 2 aromatic carbocycles. The summed E-state index contributed by atoms with van der Waals surface area (Å²) in [5.74, 6) is -1.10. The van der Waals surface area contributed by atoms with E-state index in [0.29, 0.717) is 13.0 Å². The van der Waals surface area contributed by atoms with E-state index in [2.05, 4.69) is 34.6 Å². The Morgan fingerprint density at radius 3 is 2.10 bits per heavy atom. The second-order valence-corrected chi connectivity index (χ2v) is 6.50. The fraction of sp³-hybridized carbons (Fsp3) is 0.174. The number of ether oxygens (including phenoxy) is 1. The van der Waals surface area contributed by atoms with Crippen LogP contribution in [0, 0.1) is 0 Å². The SMILES string of the molecule is O=C(COC(=O)c1ccc[nH]c1=O)NCCC(c1ccccc1)c1ccccc1. The zero-order valence-corrected chi connectivity index (χ0v) is 15.8. The van der Waals surface area contributed by atoms with Crippen molar-refractivity contribution in [2.24, 2.45) is 0 Å². The van der Waals surface area contributed by atoms with Crippen LogP contribution >= 0.6 is 0 Å². The van der Waals surface area contributed by atoms with E-state index in [1.165, 1.54) is 29.5 Å². The van der Waals surface area contributed by atoms with Gasteiger partial charge in [-0.25, -0.2) is 4.79 Å². The average Bonchev–Trinajstić information content (AvgIpc) is 2.76. The van der Waals surface area contributed by atoms with E-state index in [4.69, 9.17) is 4.74 Å². The van der Waals surface area contributed by atoms with Gasteiger partial charge in [-0.3, -0.25) is 9.59 Å². The van der Waals surface area contributed by atoms with Gasteiger partial charge in [0, 0.05) is 18.7 Å². The fourth-order valence-corrected chi connectivity index (χ4v) is 3.09. The number of amides is 1. The zero-order chi connectivity index (χ0) is 20.5. The molecule has 3 aromatic rings. The number of carbonyl (C=O) groups excluding carboxylic acids is 2. The third kappa shape index (κ3) is 5.65. The zero-order valence-electron chi connectivity index (χ0n) is 15.8. The van der Waals surface area contributed by atoms with Crippen molar-refractivity contribution in [1.29, 1.82) is 0 Å². The van der Waals surface area contributed by atoms with Crippen molar-refractivity contribution >= 4 is 11.9 Å². The standard InChI is InChI=1S/C23H22N2O4/c26-21(16-29-23(28)20-12-7-14-25-22(20)27)24-15-13-19(17-8-3-1-4-9-17)18-10-5-2-6-11-18/h1-12,14,19H,13,15-16H2,(H,24,26)(H,25,27). The van der Waals surface area contributed by atoms with Crippen LogP contribution in [-0.2, 0) is 9.53 Å². The van der Waals surface area contributed by atoms with Gasteiger partial charge in [-0.15, -0.1) is 0 Å². The number of pyridine rings is 1. The molecule has 0 aliphatic carbocycles. The molecular formula is C23H22N2O4. The van der Waals surface area contributed by atoms with Crippen molar-refractivity contribution in [2.75, 3.05) is 13.2 Å². The van der Waals surface area contributed by atoms with Crippen LogP contribution in [0.1, 0.15) is 33.8 Å². The van der Waals surface area contributed by atoms with Crippen molar-refractivity contribution < 1.29 is 14.3 Å². The van der Waals surface area contributed by atoms with E-state index in [1.54, 1.807) is 0 Å².